The number of aliphatic hydroxyl groups is 2. The van der Waals surface area contributed by atoms with E-state index in [1.807, 2.05) is 0 Å². The number of carbonyl (C=O) groups excluding carboxylic acids is 2. The van der Waals surface area contributed by atoms with Gasteiger partial charge in [0.1, 0.15) is 12.4 Å². The van der Waals surface area contributed by atoms with Crippen LogP contribution < -0.4 is 10.1 Å². The molecule has 210 valence electrons. The summed E-state index contributed by atoms with van der Waals surface area (Å²) < 4.78 is 41.8. The second kappa shape index (κ2) is 10.3. The molecule has 2 bridgehead atoms. The lowest BCUT2D eigenvalue weighted by Gasteiger charge is -2.56. The fourth-order valence-corrected chi connectivity index (χ4v) is 6.66. The van der Waals surface area contributed by atoms with Crippen molar-refractivity contribution in [2.24, 2.45) is 5.41 Å². The van der Waals surface area contributed by atoms with Gasteiger partial charge >= 0.3 is 6.11 Å². The Morgan fingerprint density at radius 2 is 1.87 bits per heavy atom. The van der Waals surface area contributed by atoms with E-state index in [0.717, 1.165) is 0 Å². The molecule has 5 aliphatic rings. The van der Waals surface area contributed by atoms with Gasteiger partial charge in [-0.2, -0.15) is 8.78 Å². The number of fused-ring (bicyclic) bond motifs is 4. The maximum atomic E-state index is 13.2. The van der Waals surface area contributed by atoms with Crippen LogP contribution in [0.25, 0.3) is 0 Å². The third-order valence-electron chi connectivity index (χ3n) is 8.68. The lowest BCUT2D eigenvalue weighted by atomic mass is 9.54. The van der Waals surface area contributed by atoms with E-state index in [-0.39, 0.29) is 42.7 Å². The number of hydrogen-bond acceptors (Lipinski definition) is 7. The highest BCUT2D eigenvalue weighted by atomic mass is 35.5. The number of alkyl halides is 2. The van der Waals surface area contributed by atoms with Gasteiger partial charge in [-0.15, -0.1) is 0 Å². The number of ether oxygens (including phenoxy) is 3. The highest BCUT2D eigenvalue weighted by Gasteiger charge is 2.55. The van der Waals surface area contributed by atoms with Crippen molar-refractivity contribution in [1.29, 1.82) is 0 Å². The molecular weight excluding hydrogens is 524 g/mol. The molecule has 3 atom stereocenters. The summed E-state index contributed by atoms with van der Waals surface area (Å²) in [7, 11) is 0. The number of hydrogen-bond donors (Lipinski definition) is 3. The number of rotatable bonds is 9. The zero-order valence-electron chi connectivity index (χ0n) is 21.3. The number of Topliss-reactive ketones (excluding diaryl/α,β-unsaturated/α-hetero) is 1. The molecule has 6 rings (SSSR count). The molecule has 4 aliphatic carbocycles. The van der Waals surface area contributed by atoms with Crippen LogP contribution in [0.4, 0.5) is 8.78 Å². The van der Waals surface area contributed by atoms with Gasteiger partial charge in [0.25, 0.3) is 0 Å². The predicted molar refractivity (Wildman–Crippen MR) is 132 cm³/mol. The predicted octanol–water partition coefficient (Wildman–Crippen LogP) is 3.84. The summed E-state index contributed by atoms with van der Waals surface area (Å²) in [6.07, 6.45) is -2.69. The normalized spacial score (nSPS) is 36.1. The molecule has 0 aromatic heterocycles. The number of amides is 1. The number of nitrogens with one attached hydrogen (secondary N) is 1. The van der Waals surface area contributed by atoms with E-state index < -0.39 is 36.1 Å². The number of benzene rings is 1. The number of aliphatic hydroxyl groups excluding tert-OH is 2. The van der Waals surface area contributed by atoms with E-state index in [4.69, 9.17) is 21.1 Å². The van der Waals surface area contributed by atoms with Crippen LogP contribution in [0, 0.1) is 5.41 Å². The third-order valence-corrected chi connectivity index (χ3v) is 8.91. The van der Waals surface area contributed by atoms with Crippen LogP contribution in [0.3, 0.4) is 0 Å². The summed E-state index contributed by atoms with van der Waals surface area (Å²) in [5.41, 5.74) is -0.574. The van der Waals surface area contributed by atoms with Crippen molar-refractivity contribution in [3.05, 3.63) is 28.8 Å². The average molecular weight is 558 g/mol. The minimum atomic E-state index is -3.19. The van der Waals surface area contributed by atoms with Crippen LogP contribution in [0.5, 0.6) is 5.75 Å². The van der Waals surface area contributed by atoms with Gasteiger partial charge in [0, 0.05) is 43.2 Å². The van der Waals surface area contributed by atoms with E-state index in [1.165, 1.54) is 0 Å². The highest BCUT2D eigenvalue weighted by Crippen LogP contribution is 2.54. The Labute approximate surface area is 225 Å². The molecule has 1 heterocycles. The standard InChI is InChI=1S/C27H34ClF2NO7/c1-25(29,30)38-17-9-16(10-17)36-14-24(35)31-27-6-4-26(5-7-27,13-23(27)34)12-20(33)22-11-19(32)18-8-15(28)2-3-21(18)37-22/h2-3,8,16-17,19,22-23,32,34H,4-7,9-14H2,1H3,(H,31,35)/t16?,17?,19-,22-,23-,26?,27?/m0/s1. The van der Waals surface area contributed by atoms with Crippen molar-refractivity contribution in [1.82, 2.24) is 5.32 Å². The van der Waals surface area contributed by atoms with Crippen molar-refractivity contribution in [3.63, 3.8) is 0 Å². The molecule has 1 aromatic carbocycles. The molecule has 3 N–H and O–H groups in total. The van der Waals surface area contributed by atoms with Crippen molar-refractivity contribution < 1.29 is 42.8 Å². The van der Waals surface area contributed by atoms with Crippen LogP contribution in [0.15, 0.2) is 18.2 Å². The molecule has 8 nitrogen and oxygen atoms in total. The molecule has 1 aliphatic heterocycles. The Morgan fingerprint density at radius 1 is 1.16 bits per heavy atom. The first-order valence-electron chi connectivity index (χ1n) is 13.2. The van der Waals surface area contributed by atoms with Gasteiger partial charge in [0.2, 0.25) is 5.91 Å². The minimum absolute atomic E-state index is 0.104. The van der Waals surface area contributed by atoms with Gasteiger partial charge in [-0.1, -0.05) is 11.6 Å². The lowest BCUT2D eigenvalue weighted by Crippen LogP contribution is -2.65. The number of ketones is 1. The monoisotopic (exact) mass is 557 g/mol. The van der Waals surface area contributed by atoms with Crippen LogP contribution in [-0.2, 0) is 19.1 Å². The maximum absolute atomic E-state index is 13.2. The highest BCUT2D eigenvalue weighted by molar-refractivity contribution is 6.30. The average Bonchev–Trinajstić information content (AvgIpc) is 2.81. The quantitative estimate of drug-likeness (QED) is 0.423. The van der Waals surface area contributed by atoms with Gasteiger partial charge in [-0.25, -0.2) is 0 Å². The zero-order chi connectivity index (χ0) is 27.3. The molecule has 4 saturated carbocycles. The molecule has 1 aromatic rings. The lowest BCUT2D eigenvalue weighted by molar-refractivity contribution is -0.275. The van der Waals surface area contributed by atoms with E-state index >= 15 is 0 Å². The van der Waals surface area contributed by atoms with E-state index in [1.54, 1.807) is 18.2 Å². The topological polar surface area (TPSA) is 114 Å². The summed E-state index contributed by atoms with van der Waals surface area (Å²) in [6, 6.07) is 4.95. The third kappa shape index (κ3) is 5.84. The molecular formula is C27H34ClF2NO7. The first-order valence-corrected chi connectivity index (χ1v) is 13.6. The Balaban J connectivity index is 1.10. The SMILES string of the molecule is CC(F)(F)OC1CC(OCC(=O)NC23CCC(CC(=O)[C@@H]4C[C@H](O)c5cc(Cl)ccc5O4)(CC2)C[C@@H]3O)C1. The minimum Gasteiger partial charge on any atom is -0.482 e. The fraction of sp³-hybridized carbons (Fsp3) is 0.704. The van der Waals surface area contributed by atoms with E-state index in [2.05, 4.69) is 10.1 Å². The number of halogens is 3. The summed E-state index contributed by atoms with van der Waals surface area (Å²) in [4.78, 5) is 25.8. The molecule has 1 amide bonds. The van der Waals surface area contributed by atoms with Gasteiger partial charge in [-0.3, -0.25) is 9.59 Å². The maximum Gasteiger partial charge on any atom is 0.353 e. The molecule has 4 fully saturated rings. The van der Waals surface area contributed by atoms with Crippen molar-refractivity contribution >= 4 is 23.3 Å². The molecule has 0 radical (unpaired) electrons. The molecule has 0 saturated heterocycles. The van der Waals surface area contributed by atoms with Crippen LogP contribution >= 0.6 is 11.6 Å². The second-order valence-corrected chi connectivity index (χ2v) is 12.0. The fourth-order valence-electron chi connectivity index (χ4n) is 6.47. The van der Waals surface area contributed by atoms with Crippen LogP contribution in [-0.4, -0.2) is 64.6 Å². The van der Waals surface area contributed by atoms with Gasteiger partial charge in [0.05, 0.1) is 30.0 Å². The molecule has 0 spiro atoms. The summed E-state index contributed by atoms with van der Waals surface area (Å²) in [5, 5.41) is 25.0. The molecule has 38 heavy (non-hydrogen) atoms. The van der Waals surface area contributed by atoms with Crippen molar-refractivity contribution in [2.45, 2.75) is 107 Å². The van der Waals surface area contributed by atoms with E-state index in [9.17, 15) is 28.6 Å². The molecule has 11 heteroatoms. The zero-order valence-corrected chi connectivity index (χ0v) is 22.0. The smallest absolute Gasteiger partial charge is 0.353 e. The Morgan fingerprint density at radius 3 is 2.53 bits per heavy atom. The summed E-state index contributed by atoms with van der Waals surface area (Å²) in [6.45, 7) is 0.480. The second-order valence-electron chi connectivity index (χ2n) is 11.6. The number of carbonyl (C=O) groups is 2. The van der Waals surface area contributed by atoms with Gasteiger partial charge in [-0.05, 0) is 55.7 Å². The largest absolute Gasteiger partial charge is 0.482 e. The van der Waals surface area contributed by atoms with Crippen LogP contribution in [0.1, 0.15) is 76.4 Å². The Hall–Kier alpha value is -1.85. The summed E-state index contributed by atoms with van der Waals surface area (Å²) >= 11 is 6.01. The van der Waals surface area contributed by atoms with Crippen molar-refractivity contribution in [3.8, 4) is 5.75 Å². The Bertz CT molecular complexity index is 1070. The first kappa shape index (κ1) is 27.7. The van der Waals surface area contributed by atoms with Crippen LogP contribution in [0.2, 0.25) is 5.02 Å². The van der Waals surface area contributed by atoms with E-state index in [0.29, 0.717) is 68.2 Å². The van der Waals surface area contributed by atoms with Gasteiger partial charge in [0.15, 0.2) is 11.9 Å². The Kier molecular flexibility index (Phi) is 7.49. The first-order chi connectivity index (χ1) is 17.9. The van der Waals surface area contributed by atoms with Gasteiger partial charge < -0.3 is 29.7 Å². The molecule has 0 unspecified atom stereocenters. The summed E-state index contributed by atoms with van der Waals surface area (Å²) in [5.74, 6) is -0.0103. The van der Waals surface area contributed by atoms with Crippen molar-refractivity contribution in [2.75, 3.05) is 6.61 Å².